The number of ketones is 1. The van der Waals surface area contributed by atoms with Gasteiger partial charge in [0.2, 0.25) is 5.89 Å². The Morgan fingerprint density at radius 3 is 2.60 bits per heavy atom. The van der Waals surface area contributed by atoms with Gasteiger partial charge < -0.3 is 18.6 Å². The molecule has 2 aromatic carbocycles. The summed E-state index contributed by atoms with van der Waals surface area (Å²) in [7, 11) is 3.22. The number of methoxy groups -OCH3 is 2. The molecule has 0 N–H and O–H groups in total. The summed E-state index contributed by atoms with van der Waals surface area (Å²) in [5, 5.41) is 0. The predicted molar refractivity (Wildman–Crippen MR) is 112 cm³/mol. The zero-order valence-electron chi connectivity index (χ0n) is 17.2. The second-order valence-electron chi connectivity index (χ2n) is 7.47. The number of oxazole rings is 1. The predicted octanol–water partition coefficient (Wildman–Crippen LogP) is 4.50. The van der Waals surface area contributed by atoms with E-state index in [0.29, 0.717) is 41.4 Å². The second-order valence-corrected chi connectivity index (χ2v) is 7.47. The van der Waals surface area contributed by atoms with Gasteiger partial charge in [-0.25, -0.2) is 4.98 Å². The number of nitrogens with zero attached hydrogens (tertiary/aromatic N) is 1. The summed E-state index contributed by atoms with van der Waals surface area (Å²) in [4.78, 5) is 17.0. The van der Waals surface area contributed by atoms with Crippen molar-refractivity contribution in [2.24, 2.45) is 5.92 Å². The fraction of sp³-hybridized carbons (Fsp3) is 0.333. The van der Waals surface area contributed by atoms with E-state index in [1.54, 1.807) is 14.2 Å². The van der Waals surface area contributed by atoms with Crippen LogP contribution in [0.1, 0.15) is 24.1 Å². The van der Waals surface area contributed by atoms with E-state index in [4.69, 9.17) is 18.6 Å². The van der Waals surface area contributed by atoms with Crippen molar-refractivity contribution in [3.63, 3.8) is 0 Å². The van der Waals surface area contributed by atoms with Crippen molar-refractivity contribution in [2.75, 3.05) is 20.8 Å². The molecule has 0 spiro atoms. The Bertz CT molecular complexity index is 1020. The Morgan fingerprint density at radius 2 is 1.83 bits per heavy atom. The molecular formula is C24H25NO5. The van der Waals surface area contributed by atoms with Gasteiger partial charge in [-0.2, -0.15) is 0 Å². The molecule has 4 rings (SSSR count). The van der Waals surface area contributed by atoms with Gasteiger partial charge in [-0.15, -0.1) is 0 Å². The van der Waals surface area contributed by atoms with Gasteiger partial charge in [0.1, 0.15) is 17.8 Å². The molecule has 30 heavy (non-hydrogen) atoms. The van der Waals surface area contributed by atoms with Crippen LogP contribution in [0, 0.1) is 5.92 Å². The lowest BCUT2D eigenvalue weighted by atomic mass is 10.1. The molecule has 0 atom stereocenters. The highest BCUT2D eigenvalue weighted by Crippen LogP contribution is 2.35. The third kappa shape index (κ3) is 4.82. The standard InChI is InChI=1S/C24H25NO5/c1-27-21-6-4-3-5-17(21)11-20(26)13-19-15-30-24(25-19)18-9-10-22(28-2)23(12-18)29-14-16-7-8-16/h3-6,9-10,12,15-16H,7-8,11,13-14H2,1-2H3. The van der Waals surface area contributed by atoms with Crippen molar-refractivity contribution in [3.8, 4) is 28.7 Å². The lowest BCUT2D eigenvalue weighted by Crippen LogP contribution is -2.08. The first-order valence-electron chi connectivity index (χ1n) is 10.1. The van der Waals surface area contributed by atoms with E-state index in [9.17, 15) is 4.79 Å². The van der Waals surface area contributed by atoms with Gasteiger partial charge in [0.05, 0.1) is 32.9 Å². The maximum atomic E-state index is 12.5. The van der Waals surface area contributed by atoms with Crippen LogP contribution in [0.15, 0.2) is 53.1 Å². The molecule has 0 aliphatic heterocycles. The van der Waals surface area contributed by atoms with Crippen molar-refractivity contribution < 1.29 is 23.4 Å². The van der Waals surface area contributed by atoms with Gasteiger partial charge in [0, 0.05) is 17.5 Å². The Morgan fingerprint density at radius 1 is 1.03 bits per heavy atom. The molecule has 6 nitrogen and oxygen atoms in total. The number of carbonyl (C=O) groups is 1. The van der Waals surface area contributed by atoms with E-state index in [1.807, 2.05) is 42.5 Å². The second kappa shape index (κ2) is 9.03. The van der Waals surface area contributed by atoms with Crippen molar-refractivity contribution in [1.29, 1.82) is 0 Å². The number of Topliss-reactive ketones (excluding diaryl/α,β-unsaturated/α-hetero) is 1. The number of hydrogen-bond donors (Lipinski definition) is 0. The molecule has 0 radical (unpaired) electrons. The Kier molecular flexibility index (Phi) is 6.02. The fourth-order valence-corrected chi connectivity index (χ4v) is 3.26. The van der Waals surface area contributed by atoms with Crippen LogP contribution < -0.4 is 14.2 Å². The number of hydrogen-bond acceptors (Lipinski definition) is 6. The zero-order chi connectivity index (χ0) is 20.9. The maximum absolute atomic E-state index is 12.5. The minimum atomic E-state index is 0.0440. The average Bonchev–Trinajstić information content (AvgIpc) is 3.49. The minimum Gasteiger partial charge on any atom is -0.496 e. The first kappa shape index (κ1) is 20.0. The molecule has 0 saturated heterocycles. The number of aromatic nitrogens is 1. The normalized spacial score (nSPS) is 13.1. The molecule has 1 saturated carbocycles. The molecule has 0 unspecified atom stereocenters. The van der Waals surface area contributed by atoms with Crippen molar-refractivity contribution in [2.45, 2.75) is 25.7 Å². The zero-order valence-corrected chi connectivity index (χ0v) is 17.2. The van der Waals surface area contributed by atoms with E-state index < -0.39 is 0 Å². The SMILES string of the molecule is COc1ccccc1CC(=O)Cc1coc(-c2ccc(OC)c(OCC3CC3)c2)n1. The van der Waals surface area contributed by atoms with Gasteiger partial charge >= 0.3 is 0 Å². The molecule has 1 heterocycles. The molecule has 1 aromatic heterocycles. The molecule has 6 heteroatoms. The summed E-state index contributed by atoms with van der Waals surface area (Å²) < 4.78 is 22.3. The van der Waals surface area contributed by atoms with Crippen LogP contribution in [-0.4, -0.2) is 31.6 Å². The van der Waals surface area contributed by atoms with Crippen LogP contribution in [0.5, 0.6) is 17.2 Å². The molecule has 3 aromatic rings. The fourth-order valence-electron chi connectivity index (χ4n) is 3.26. The summed E-state index contributed by atoms with van der Waals surface area (Å²) >= 11 is 0. The van der Waals surface area contributed by atoms with Crippen LogP contribution in [0.2, 0.25) is 0 Å². The first-order valence-corrected chi connectivity index (χ1v) is 10.1. The molecular weight excluding hydrogens is 382 g/mol. The summed E-state index contributed by atoms with van der Waals surface area (Å²) in [6.45, 7) is 0.689. The summed E-state index contributed by atoms with van der Waals surface area (Å²) in [6.07, 6.45) is 4.45. The number of para-hydroxylation sites is 1. The van der Waals surface area contributed by atoms with Crippen LogP contribution in [-0.2, 0) is 17.6 Å². The highest BCUT2D eigenvalue weighted by atomic mass is 16.5. The van der Waals surface area contributed by atoms with Crippen LogP contribution in [0.4, 0.5) is 0 Å². The highest BCUT2D eigenvalue weighted by molar-refractivity contribution is 5.83. The third-order valence-electron chi connectivity index (χ3n) is 5.09. The van der Waals surface area contributed by atoms with Gasteiger partial charge in [-0.1, -0.05) is 18.2 Å². The van der Waals surface area contributed by atoms with Gasteiger partial charge in [0.15, 0.2) is 11.5 Å². The van der Waals surface area contributed by atoms with E-state index >= 15 is 0 Å². The summed E-state index contributed by atoms with van der Waals surface area (Å²) in [5.41, 5.74) is 2.24. The summed E-state index contributed by atoms with van der Waals surface area (Å²) in [5.74, 6) is 3.20. The van der Waals surface area contributed by atoms with Crippen LogP contribution in [0.25, 0.3) is 11.5 Å². The van der Waals surface area contributed by atoms with E-state index in [1.165, 1.54) is 19.1 Å². The number of ether oxygens (including phenoxy) is 3. The quantitative estimate of drug-likeness (QED) is 0.493. The van der Waals surface area contributed by atoms with E-state index in [2.05, 4.69) is 4.98 Å². The topological polar surface area (TPSA) is 70.8 Å². The molecule has 0 amide bonds. The van der Waals surface area contributed by atoms with Gasteiger partial charge in [-0.3, -0.25) is 4.79 Å². The minimum absolute atomic E-state index is 0.0440. The van der Waals surface area contributed by atoms with Crippen molar-refractivity contribution in [1.82, 2.24) is 4.98 Å². The molecule has 156 valence electrons. The number of rotatable bonds is 10. The largest absolute Gasteiger partial charge is 0.496 e. The maximum Gasteiger partial charge on any atom is 0.226 e. The number of benzene rings is 2. The van der Waals surface area contributed by atoms with Crippen molar-refractivity contribution in [3.05, 3.63) is 60.0 Å². The van der Waals surface area contributed by atoms with E-state index in [0.717, 1.165) is 11.1 Å². The van der Waals surface area contributed by atoms with Gasteiger partial charge in [0.25, 0.3) is 0 Å². The first-order chi connectivity index (χ1) is 14.7. The Hall–Kier alpha value is -3.28. The van der Waals surface area contributed by atoms with Crippen LogP contribution in [0.3, 0.4) is 0 Å². The molecule has 0 bridgehead atoms. The molecule has 1 fully saturated rings. The molecule has 1 aliphatic rings. The third-order valence-corrected chi connectivity index (χ3v) is 5.09. The highest BCUT2D eigenvalue weighted by Gasteiger charge is 2.23. The van der Waals surface area contributed by atoms with E-state index in [-0.39, 0.29) is 18.6 Å². The Labute approximate surface area is 175 Å². The molecule has 1 aliphatic carbocycles. The lowest BCUT2D eigenvalue weighted by Gasteiger charge is -2.11. The average molecular weight is 407 g/mol. The Balaban J connectivity index is 1.44. The van der Waals surface area contributed by atoms with Crippen LogP contribution >= 0.6 is 0 Å². The smallest absolute Gasteiger partial charge is 0.226 e. The summed E-state index contributed by atoms with van der Waals surface area (Å²) in [6, 6.07) is 13.1. The van der Waals surface area contributed by atoms with Crippen molar-refractivity contribution >= 4 is 5.78 Å². The monoisotopic (exact) mass is 407 g/mol. The van der Waals surface area contributed by atoms with Gasteiger partial charge in [-0.05, 0) is 43.0 Å². The lowest BCUT2D eigenvalue weighted by molar-refractivity contribution is -0.117. The number of carbonyl (C=O) groups excluding carboxylic acids is 1.